The van der Waals surface area contributed by atoms with E-state index in [4.69, 9.17) is 9.72 Å². The Hall–Kier alpha value is -1.64. The summed E-state index contributed by atoms with van der Waals surface area (Å²) in [6, 6.07) is 14.8. The van der Waals surface area contributed by atoms with Gasteiger partial charge in [0, 0.05) is 37.5 Å². The number of thiazole rings is 1. The van der Waals surface area contributed by atoms with Crippen LogP contribution >= 0.6 is 35.5 Å². The second-order valence-corrected chi connectivity index (χ2v) is 10.7. The minimum absolute atomic E-state index is 0. The molecule has 5 nitrogen and oxygen atoms in total. The largest absolute Gasteiger partial charge is 0.379 e. The van der Waals surface area contributed by atoms with Crippen LogP contribution in [0.2, 0.25) is 0 Å². The Morgan fingerprint density at radius 1 is 1.12 bits per heavy atom. The minimum atomic E-state index is 0. The van der Waals surface area contributed by atoms with Crippen molar-refractivity contribution in [3.8, 4) is 0 Å². The summed E-state index contributed by atoms with van der Waals surface area (Å²) >= 11 is 3.45. The number of benzene rings is 2. The first kappa shape index (κ1) is 27.0. The summed E-state index contributed by atoms with van der Waals surface area (Å²) in [5, 5.41) is 0.831. The van der Waals surface area contributed by atoms with Crippen LogP contribution in [0, 0.1) is 13.8 Å². The van der Waals surface area contributed by atoms with Gasteiger partial charge < -0.3 is 4.74 Å². The molecule has 184 valence electrons. The van der Waals surface area contributed by atoms with Crippen LogP contribution < -0.4 is 4.90 Å². The molecule has 2 heterocycles. The SMILES string of the molecule is Cc1ccc(SCCCC(=O)N(CCCN2CCOCC2)c2nc3c(C)cccc3s2)cc1.Cl. The van der Waals surface area contributed by atoms with E-state index in [9.17, 15) is 4.79 Å². The number of rotatable bonds is 10. The minimum Gasteiger partial charge on any atom is -0.379 e. The van der Waals surface area contributed by atoms with E-state index in [0.717, 1.165) is 72.4 Å². The van der Waals surface area contributed by atoms with Crippen LogP contribution in [-0.4, -0.2) is 60.9 Å². The summed E-state index contributed by atoms with van der Waals surface area (Å²) in [6.45, 7) is 9.44. The Morgan fingerprint density at radius 2 is 1.88 bits per heavy atom. The number of ether oxygens (including phenoxy) is 1. The number of aromatic nitrogens is 1. The number of aryl methyl sites for hydroxylation is 2. The molecule has 8 heteroatoms. The van der Waals surface area contributed by atoms with Gasteiger partial charge in [0.2, 0.25) is 5.91 Å². The summed E-state index contributed by atoms with van der Waals surface area (Å²) in [7, 11) is 0. The van der Waals surface area contributed by atoms with E-state index in [-0.39, 0.29) is 18.3 Å². The number of hydrogen-bond acceptors (Lipinski definition) is 6. The molecule has 1 aliphatic rings. The summed E-state index contributed by atoms with van der Waals surface area (Å²) < 4.78 is 6.60. The number of hydrogen-bond donors (Lipinski definition) is 0. The van der Waals surface area contributed by atoms with Gasteiger partial charge in [0.1, 0.15) is 0 Å². The van der Waals surface area contributed by atoms with Crippen molar-refractivity contribution >= 4 is 56.8 Å². The topological polar surface area (TPSA) is 45.7 Å². The van der Waals surface area contributed by atoms with Crippen molar-refractivity contribution in [3.05, 3.63) is 53.6 Å². The van der Waals surface area contributed by atoms with Crippen molar-refractivity contribution in [1.82, 2.24) is 9.88 Å². The number of carbonyl (C=O) groups excluding carboxylic acids is 1. The first-order valence-corrected chi connectivity index (χ1v) is 13.6. The standard InChI is InChI=1S/C26H33N3O2S2.ClH/c1-20-9-11-22(12-10-20)32-19-4-8-24(30)29(14-5-13-28-15-17-31-18-16-28)26-27-25-21(2)6-3-7-23(25)33-26;/h3,6-7,9-12H,4-5,8,13-19H2,1-2H3;1H. The highest BCUT2D eigenvalue weighted by Crippen LogP contribution is 2.31. The molecule has 0 saturated carbocycles. The van der Waals surface area contributed by atoms with Crippen LogP contribution in [0.3, 0.4) is 0 Å². The van der Waals surface area contributed by atoms with Crippen LogP contribution in [0.15, 0.2) is 47.4 Å². The third-order valence-electron chi connectivity index (χ3n) is 5.93. The van der Waals surface area contributed by atoms with Gasteiger partial charge in [-0.3, -0.25) is 14.6 Å². The van der Waals surface area contributed by atoms with Crippen LogP contribution in [0.4, 0.5) is 5.13 Å². The molecule has 0 unspecified atom stereocenters. The number of nitrogens with zero attached hydrogens (tertiary/aromatic N) is 3. The zero-order chi connectivity index (χ0) is 23.0. The Morgan fingerprint density at radius 3 is 2.62 bits per heavy atom. The van der Waals surface area contributed by atoms with Gasteiger partial charge in [0.05, 0.1) is 23.4 Å². The second-order valence-electron chi connectivity index (χ2n) is 8.54. The molecule has 2 aromatic carbocycles. The fourth-order valence-electron chi connectivity index (χ4n) is 3.98. The number of fused-ring (bicyclic) bond motifs is 1. The van der Waals surface area contributed by atoms with E-state index in [1.54, 1.807) is 11.3 Å². The Bertz CT molecular complexity index is 1050. The maximum Gasteiger partial charge on any atom is 0.228 e. The van der Waals surface area contributed by atoms with E-state index >= 15 is 0 Å². The van der Waals surface area contributed by atoms with E-state index in [1.807, 2.05) is 16.7 Å². The Balaban J connectivity index is 0.00000324. The molecular weight excluding hydrogens is 486 g/mol. The molecule has 1 amide bonds. The highest BCUT2D eigenvalue weighted by Gasteiger charge is 2.20. The fourth-order valence-corrected chi connectivity index (χ4v) is 5.92. The van der Waals surface area contributed by atoms with Gasteiger partial charge in [0.15, 0.2) is 5.13 Å². The van der Waals surface area contributed by atoms with Gasteiger partial charge in [-0.2, -0.15) is 0 Å². The van der Waals surface area contributed by atoms with Crippen molar-refractivity contribution in [2.24, 2.45) is 0 Å². The van der Waals surface area contributed by atoms with Gasteiger partial charge in [-0.05, 0) is 56.2 Å². The van der Waals surface area contributed by atoms with E-state index in [2.05, 4.69) is 61.2 Å². The molecule has 0 atom stereocenters. The van der Waals surface area contributed by atoms with Crippen molar-refractivity contribution < 1.29 is 9.53 Å². The zero-order valence-corrected chi connectivity index (χ0v) is 22.4. The van der Waals surface area contributed by atoms with Crippen LogP contribution in [0.25, 0.3) is 10.2 Å². The van der Waals surface area contributed by atoms with E-state index in [0.29, 0.717) is 13.0 Å². The van der Waals surface area contributed by atoms with Gasteiger partial charge in [-0.1, -0.05) is 41.2 Å². The van der Waals surface area contributed by atoms with Gasteiger partial charge >= 0.3 is 0 Å². The van der Waals surface area contributed by atoms with Crippen LogP contribution in [-0.2, 0) is 9.53 Å². The molecule has 1 fully saturated rings. The van der Waals surface area contributed by atoms with Crippen molar-refractivity contribution in [2.45, 2.75) is 38.0 Å². The molecule has 1 aliphatic heterocycles. The Labute approximate surface area is 217 Å². The second kappa shape index (κ2) is 13.4. The number of carbonyl (C=O) groups is 1. The molecular formula is C26H34ClN3O2S2. The lowest BCUT2D eigenvalue weighted by Crippen LogP contribution is -2.39. The maximum absolute atomic E-state index is 13.3. The lowest BCUT2D eigenvalue weighted by atomic mass is 10.2. The third-order valence-corrected chi connectivity index (χ3v) is 8.07. The van der Waals surface area contributed by atoms with E-state index in [1.165, 1.54) is 10.5 Å². The highest BCUT2D eigenvalue weighted by molar-refractivity contribution is 7.99. The average molecular weight is 520 g/mol. The smallest absolute Gasteiger partial charge is 0.228 e. The summed E-state index contributed by atoms with van der Waals surface area (Å²) in [6.07, 6.45) is 2.35. The normalized spacial score (nSPS) is 14.2. The molecule has 0 N–H and O–H groups in total. The number of para-hydroxylation sites is 1. The first-order valence-electron chi connectivity index (χ1n) is 11.8. The predicted molar refractivity (Wildman–Crippen MR) is 147 cm³/mol. The summed E-state index contributed by atoms with van der Waals surface area (Å²) in [5.74, 6) is 1.12. The zero-order valence-electron chi connectivity index (χ0n) is 20.0. The number of thioether (sulfide) groups is 1. The molecule has 0 aliphatic carbocycles. The molecule has 1 saturated heterocycles. The maximum atomic E-state index is 13.3. The van der Waals surface area contributed by atoms with E-state index < -0.39 is 0 Å². The number of morpholine rings is 1. The third kappa shape index (κ3) is 7.43. The van der Waals surface area contributed by atoms with Crippen molar-refractivity contribution in [1.29, 1.82) is 0 Å². The van der Waals surface area contributed by atoms with Gasteiger partial charge in [0.25, 0.3) is 0 Å². The first-order chi connectivity index (χ1) is 16.1. The average Bonchev–Trinajstić information content (AvgIpc) is 3.26. The number of anilines is 1. The number of amides is 1. The lowest BCUT2D eigenvalue weighted by Gasteiger charge is -2.27. The summed E-state index contributed by atoms with van der Waals surface area (Å²) in [5.41, 5.74) is 3.44. The quantitative estimate of drug-likeness (QED) is 0.244. The van der Waals surface area contributed by atoms with Crippen LogP contribution in [0.1, 0.15) is 30.4 Å². The summed E-state index contributed by atoms with van der Waals surface area (Å²) in [4.78, 5) is 23.8. The highest BCUT2D eigenvalue weighted by atomic mass is 35.5. The fraction of sp³-hybridized carbons (Fsp3) is 0.462. The molecule has 0 spiro atoms. The van der Waals surface area contributed by atoms with Crippen LogP contribution in [0.5, 0.6) is 0 Å². The predicted octanol–water partition coefficient (Wildman–Crippen LogP) is 5.96. The molecule has 4 rings (SSSR count). The molecule has 0 radical (unpaired) electrons. The van der Waals surface area contributed by atoms with Crippen molar-refractivity contribution in [3.63, 3.8) is 0 Å². The molecule has 34 heavy (non-hydrogen) atoms. The van der Waals surface area contributed by atoms with Crippen molar-refractivity contribution in [2.75, 3.05) is 50.0 Å². The molecule has 0 bridgehead atoms. The lowest BCUT2D eigenvalue weighted by molar-refractivity contribution is -0.118. The van der Waals surface area contributed by atoms with Gasteiger partial charge in [-0.15, -0.1) is 24.2 Å². The number of halogens is 1. The molecule has 3 aromatic rings. The Kier molecular flexibility index (Phi) is 10.7. The van der Waals surface area contributed by atoms with Gasteiger partial charge in [-0.25, -0.2) is 4.98 Å². The molecule has 1 aromatic heterocycles. The monoisotopic (exact) mass is 519 g/mol.